The number of amides is 2. The number of anilines is 1. The van der Waals surface area contributed by atoms with E-state index in [0.29, 0.717) is 5.69 Å². The zero-order valence-corrected chi connectivity index (χ0v) is 13.9. The van der Waals surface area contributed by atoms with E-state index in [0.717, 1.165) is 6.42 Å². The number of nitrogens with one attached hydrogen (secondary N) is 1. The first-order valence-corrected chi connectivity index (χ1v) is 8.56. The van der Waals surface area contributed by atoms with Crippen LogP contribution in [0.1, 0.15) is 23.7 Å². The fourth-order valence-corrected chi connectivity index (χ4v) is 4.52. The first-order valence-electron chi connectivity index (χ1n) is 8.56. The normalized spacial score (nSPS) is 29.4. The molecule has 4 rings (SSSR count). The summed E-state index contributed by atoms with van der Waals surface area (Å²) in [4.78, 5) is 38.1. The molecule has 6 heteroatoms. The van der Waals surface area contributed by atoms with Gasteiger partial charge in [0.25, 0.3) is 0 Å². The second-order valence-corrected chi connectivity index (χ2v) is 6.97. The number of hydrogen-bond acceptors (Lipinski definition) is 4. The van der Waals surface area contributed by atoms with Crippen LogP contribution in [0.25, 0.3) is 0 Å². The topological polar surface area (TPSA) is 66.5 Å². The monoisotopic (exact) mass is 342 g/mol. The molecule has 4 atom stereocenters. The fraction of sp³-hybridized carbons (Fsp3) is 0.421. The summed E-state index contributed by atoms with van der Waals surface area (Å²) >= 11 is 0. The van der Waals surface area contributed by atoms with Gasteiger partial charge in [0.05, 0.1) is 17.4 Å². The Labute approximate surface area is 144 Å². The van der Waals surface area contributed by atoms with Crippen molar-refractivity contribution in [2.24, 2.45) is 23.7 Å². The van der Waals surface area contributed by atoms with Crippen molar-refractivity contribution in [1.29, 1.82) is 0 Å². The summed E-state index contributed by atoms with van der Waals surface area (Å²) < 4.78 is 13.8. The van der Waals surface area contributed by atoms with Gasteiger partial charge in [0, 0.05) is 18.8 Å². The summed E-state index contributed by atoms with van der Waals surface area (Å²) in [5.74, 6) is -1.17. The molecule has 1 aromatic rings. The predicted octanol–water partition coefficient (Wildman–Crippen LogP) is 2.25. The van der Waals surface area contributed by atoms with Crippen LogP contribution in [0.2, 0.25) is 0 Å². The van der Waals surface area contributed by atoms with E-state index in [4.69, 9.17) is 0 Å². The fourth-order valence-electron chi connectivity index (χ4n) is 4.52. The van der Waals surface area contributed by atoms with Gasteiger partial charge in [-0.05, 0) is 37.3 Å². The Kier molecular flexibility index (Phi) is 3.71. The summed E-state index contributed by atoms with van der Waals surface area (Å²) in [6.45, 7) is 1.81. The number of likely N-dealkylation sites (tertiary alicyclic amines) is 1. The molecule has 130 valence electrons. The Morgan fingerprint density at radius 3 is 2.44 bits per heavy atom. The number of Topliss-reactive ketones (excluding diaryl/α,β-unsaturated/α-hetero) is 1. The number of carbonyl (C=O) groups is 3. The van der Waals surface area contributed by atoms with Gasteiger partial charge in [0.15, 0.2) is 5.78 Å². The number of ketones is 1. The average Bonchev–Trinajstić information content (AvgIpc) is 3.23. The highest BCUT2D eigenvalue weighted by Gasteiger charge is 2.58. The van der Waals surface area contributed by atoms with Gasteiger partial charge in [-0.25, -0.2) is 4.39 Å². The smallest absolute Gasteiger partial charge is 0.233 e. The zero-order valence-electron chi connectivity index (χ0n) is 13.9. The van der Waals surface area contributed by atoms with Gasteiger partial charge in [0.1, 0.15) is 5.82 Å². The van der Waals surface area contributed by atoms with Crippen molar-refractivity contribution >= 4 is 23.3 Å². The lowest BCUT2D eigenvalue weighted by Gasteiger charge is -2.18. The maximum atomic E-state index is 13.8. The second-order valence-electron chi connectivity index (χ2n) is 6.97. The standard InChI is InChI=1S/C19H19FN2O3/c1-10(23)15-13(20)3-2-4-14(15)21-7-8-22-18(24)16-11-5-6-12(9-11)17(16)19(22)25/h2-6,11-12,16-17,21H,7-9H2,1H3/t11-,12-,16+,17+/m0/s1. The summed E-state index contributed by atoms with van der Waals surface area (Å²) in [5, 5.41) is 2.98. The third-order valence-corrected chi connectivity index (χ3v) is 5.58. The molecule has 3 aliphatic rings. The number of imide groups is 1. The summed E-state index contributed by atoms with van der Waals surface area (Å²) in [7, 11) is 0. The summed E-state index contributed by atoms with van der Waals surface area (Å²) in [6.07, 6.45) is 5.03. The minimum Gasteiger partial charge on any atom is -0.383 e. The van der Waals surface area contributed by atoms with Crippen LogP contribution in [-0.2, 0) is 9.59 Å². The van der Waals surface area contributed by atoms with Gasteiger partial charge in [-0.1, -0.05) is 18.2 Å². The Morgan fingerprint density at radius 1 is 1.20 bits per heavy atom. The number of benzene rings is 1. The number of allylic oxidation sites excluding steroid dienone is 2. The Balaban J connectivity index is 1.44. The molecule has 0 unspecified atom stereocenters. The zero-order chi connectivity index (χ0) is 17.7. The number of halogens is 1. The van der Waals surface area contributed by atoms with Gasteiger partial charge >= 0.3 is 0 Å². The molecule has 5 nitrogen and oxygen atoms in total. The highest BCUT2D eigenvalue weighted by atomic mass is 19.1. The van der Waals surface area contributed by atoms with Crippen molar-refractivity contribution in [2.45, 2.75) is 13.3 Å². The molecule has 1 aromatic carbocycles. The molecule has 1 saturated carbocycles. The molecule has 2 bridgehead atoms. The van der Waals surface area contributed by atoms with Gasteiger partial charge in [-0.3, -0.25) is 19.3 Å². The molecule has 0 spiro atoms. The molecule has 1 heterocycles. The van der Waals surface area contributed by atoms with Crippen molar-refractivity contribution in [1.82, 2.24) is 4.90 Å². The van der Waals surface area contributed by atoms with E-state index in [2.05, 4.69) is 17.5 Å². The molecule has 1 saturated heterocycles. The highest BCUT2D eigenvalue weighted by Crippen LogP contribution is 2.52. The Bertz CT molecular complexity index is 774. The SMILES string of the molecule is CC(=O)c1c(F)cccc1NCCN1C(=O)[C@H]2[C@H](C1=O)[C@H]1C=C[C@H]2C1. The van der Waals surface area contributed by atoms with Crippen LogP contribution in [0.4, 0.5) is 10.1 Å². The minimum atomic E-state index is -0.581. The van der Waals surface area contributed by atoms with Gasteiger partial charge in [-0.2, -0.15) is 0 Å². The van der Waals surface area contributed by atoms with E-state index in [1.807, 2.05) is 0 Å². The first-order chi connectivity index (χ1) is 12.0. The van der Waals surface area contributed by atoms with E-state index in [1.165, 1.54) is 24.0 Å². The summed E-state index contributed by atoms with van der Waals surface area (Å²) in [6, 6.07) is 4.37. The molecular formula is C19H19FN2O3. The van der Waals surface area contributed by atoms with E-state index in [-0.39, 0.29) is 59.9 Å². The van der Waals surface area contributed by atoms with Gasteiger partial charge in [-0.15, -0.1) is 0 Å². The molecule has 0 radical (unpaired) electrons. The lowest BCUT2D eigenvalue weighted by Crippen LogP contribution is -2.36. The van der Waals surface area contributed by atoms with Crippen molar-refractivity contribution in [3.05, 3.63) is 41.7 Å². The van der Waals surface area contributed by atoms with E-state index < -0.39 is 5.82 Å². The largest absolute Gasteiger partial charge is 0.383 e. The van der Waals surface area contributed by atoms with Crippen LogP contribution in [0.15, 0.2) is 30.4 Å². The molecule has 2 amide bonds. The molecule has 1 N–H and O–H groups in total. The lowest BCUT2D eigenvalue weighted by molar-refractivity contribution is -0.140. The van der Waals surface area contributed by atoms with Crippen molar-refractivity contribution in [3.8, 4) is 0 Å². The number of carbonyl (C=O) groups excluding carboxylic acids is 3. The molecular weight excluding hydrogens is 323 g/mol. The molecule has 2 fully saturated rings. The van der Waals surface area contributed by atoms with Gasteiger partial charge in [0.2, 0.25) is 11.8 Å². The predicted molar refractivity (Wildman–Crippen MR) is 89.3 cm³/mol. The molecule has 1 aliphatic heterocycles. The van der Waals surface area contributed by atoms with Crippen molar-refractivity contribution in [3.63, 3.8) is 0 Å². The number of nitrogens with zero attached hydrogens (tertiary/aromatic N) is 1. The molecule has 0 aromatic heterocycles. The highest BCUT2D eigenvalue weighted by molar-refractivity contribution is 6.06. The van der Waals surface area contributed by atoms with Crippen LogP contribution >= 0.6 is 0 Å². The number of fused-ring (bicyclic) bond motifs is 5. The van der Waals surface area contributed by atoms with Crippen LogP contribution in [0.3, 0.4) is 0 Å². The summed E-state index contributed by atoms with van der Waals surface area (Å²) in [5.41, 5.74) is 0.384. The Morgan fingerprint density at radius 2 is 1.84 bits per heavy atom. The Hall–Kier alpha value is -2.50. The van der Waals surface area contributed by atoms with E-state index in [9.17, 15) is 18.8 Å². The first kappa shape index (κ1) is 16.0. The third-order valence-electron chi connectivity index (χ3n) is 5.58. The third kappa shape index (κ3) is 2.39. The number of rotatable bonds is 5. The van der Waals surface area contributed by atoms with Crippen LogP contribution in [0.5, 0.6) is 0 Å². The second kappa shape index (κ2) is 5.79. The van der Waals surface area contributed by atoms with E-state index in [1.54, 1.807) is 6.07 Å². The minimum absolute atomic E-state index is 0.000638. The van der Waals surface area contributed by atoms with Crippen molar-refractivity contribution < 1.29 is 18.8 Å². The maximum Gasteiger partial charge on any atom is 0.233 e. The lowest BCUT2D eigenvalue weighted by atomic mass is 9.85. The number of hydrogen-bond donors (Lipinski definition) is 1. The van der Waals surface area contributed by atoms with Crippen molar-refractivity contribution in [2.75, 3.05) is 18.4 Å². The van der Waals surface area contributed by atoms with Crippen LogP contribution in [0, 0.1) is 29.5 Å². The van der Waals surface area contributed by atoms with Gasteiger partial charge < -0.3 is 5.32 Å². The molecule has 25 heavy (non-hydrogen) atoms. The maximum absolute atomic E-state index is 13.8. The average molecular weight is 342 g/mol. The quantitative estimate of drug-likeness (QED) is 0.506. The van der Waals surface area contributed by atoms with Crippen LogP contribution < -0.4 is 5.32 Å². The molecule has 2 aliphatic carbocycles. The van der Waals surface area contributed by atoms with E-state index >= 15 is 0 Å². The van der Waals surface area contributed by atoms with Crippen LogP contribution in [-0.4, -0.2) is 35.6 Å².